The summed E-state index contributed by atoms with van der Waals surface area (Å²) in [5, 5.41) is 6.69. The first-order valence-corrected chi connectivity index (χ1v) is 7.62. The van der Waals surface area contributed by atoms with E-state index in [0.717, 1.165) is 43.4 Å². The van der Waals surface area contributed by atoms with Crippen molar-refractivity contribution in [2.75, 3.05) is 30.3 Å². The van der Waals surface area contributed by atoms with E-state index in [9.17, 15) is 0 Å². The van der Waals surface area contributed by atoms with Crippen LogP contribution >= 0.6 is 0 Å². The summed E-state index contributed by atoms with van der Waals surface area (Å²) in [5.41, 5.74) is 0. The van der Waals surface area contributed by atoms with Crippen LogP contribution in [0.3, 0.4) is 0 Å². The van der Waals surface area contributed by atoms with Gasteiger partial charge in [0.1, 0.15) is 18.2 Å². The van der Waals surface area contributed by atoms with Gasteiger partial charge in [0.05, 0.1) is 0 Å². The highest BCUT2D eigenvalue weighted by atomic mass is 16.5. The van der Waals surface area contributed by atoms with E-state index >= 15 is 0 Å². The van der Waals surface area contributed by atoms with Gasteiger partial charge in [-0.3, -0.25) is 0 Å². The summed E-state index contributed by atoms with van der Waals surface area (Å²) >= 11 is 0. The Bertz CT molecular complexity index is 358. The maximum Gasteiger partial charge on any atom is 0.158 e. The van der Waals surface area contributed by atoms with Crippen LogP contribution in [-0.2, 0) is 11.3 Å². The third-order valence-corrected chi connectivity index (χ3v) is 3.09. The first-order valence-electron chi connectivity index (χ1n) is 7.62. The predicted molar refractivity (Wildman–Crippen MR) is 84.1 cm³/mol. The molecule has 114 valence electrons. The molecule has 0 amide bonds. The fourth-order valence-corrected chi connectivity index (χ4v) is 1.61. The van der Waals surface area contributed by atoms with Crippen LogP contribution in [0.4, 0.5) is 11.6 Å². The lowest BCUT2D eigenvalue weighted by atomic mass is 10.1. The van der Waals surface area contributed by atoms with Crippen LogP contribution in [0, 0.1) is 5.92 Å². The van der Waals surface area contributed by atoms with E-state index in [0.29, 0.717) is 19.1 Å². The van der Waals surface area contributed by atoms with Gasteiger partial charge in [0.25, 0.3) is 0 Å². The second-order valence-electron chi connectivity index (χ2n) is 5.01. The van der Waals surface area contributed by atoms with E-state index in [-0.39, 0.29) is 0 Å². The van der Waals surface area contributed by atoms with Gasteiger partial charge >= 0.3 is 0 Å². The van der Waals surface area contributed by atoms with E-state index in [1.807, 2.05) is 13.0 Å². The number of aromatic nitrogens is 2. The average molecular weight is 280 g/mol. The van der Waals surface area contributed by atoms with Crippen molar-refractivity contribution in [3.05, 3.63) is 11.9 Å². The van der Waals surface area contributed by atoms with Crippen LogP contribution < -0.4 is 10.6 Å². The fraction of sp³-hybridized carbons (Fsp3) is 0.733. The van der Waals surface area contributed by atoms with Crippen molar-refractivity contribution in [1.82, 2.24) is 9.97 Å². The Labute approximate surface area is 122 Å². The first kappa shape index (κ1) is 16.7. The van der Waals surface area contributed by atoms with Crippen LogP contribution in [0.15, 0.2) is 6.07 Å². The Morgan fingerprint density at radius 1 is 1.15 bits per heavy atom. The second kappa shape index (κ2) is 9.53. The van der Waals surface area contributed by atoms with E-state index in [2.05, 4.69) is 41.4 Å². The zero-order valence-corrected chi connectivity index (χ0v) is 13.2. The third-order valence-electron chi connectivity index (χ3n) is 3.09. The standard InChI is InChI=1S/C15H28N4O/c1-5-8-16-13-9-14(17-10-12(4)6-2)19-15(18-13)11-20-7-3/h9,12H,5-8,10-11H2,1-4H3,(H2,16,17,18,19). The molecular formula is C15H28N4O. The summed E-state index contributed by atoms with van der Waals surface area (Å²) in [4.78, 5) is 8.97. The molecule has 1 atom stereocenters. The van der Waals surface area contributed by atoms with Gasteiger partial charge < -0.3 is 15.4 Å². The van der Waals surface area contributed by atoms with Crippen molar-refractivity contribution in [3.8, 4) is 0 Å². The molecule has 1 rings (SSSR count). The quantitative estimate of drug-likeness (QED) is 0.688. The number of anilines is 2. The van der Waals surface area contributed by atoms with E-state index in [4.69, 9.17) is 4.74 Å². The molecule has 0 spiro atoms. The Kier molecular flexibility index (Phi) is 7.95. The first-order chi connectivity index (χ1) is 9.69. The van der Waals surface area contributed by atoms with Gasteiger partial charge in [0.2, 0.25) is 0 Å². The molecule has 0 saturated heterocycles. The fourth-order valence-electron chi connectivity index (χ4n) is 1.61. The molecule has 1 aromatic rings. The molecule has 0 bridgehead atoms. The second-order valence-corrected chi connectivity index (χ2v) is 5.01. The number of rotatable bonds is 10. The maximum atomic E-state index is 5.40. The van der Waals surface area contributed by atoms with Gasteiger partial charge in [-0.2, -0.15) is 0 Å². The van der Waals surface area contributed by atoms with Crippen molar-refractivity contribution in [2.45, 2.75) is 47.1 Å². The van der Waals surface area contributed by atoms with Crippen LogP contribution in [0.1, 0.15) is 46.4 Å². The zero-order valence-electron chi connectivity index (χ0n) is 13.2. The summed E-state index contributed by atoms with van der Waals surface area (Å²) in [6.07, 6.45) is 2.23. The summed E-state index contributed by atoms with van der Waals surface area (Å²) in [6, 6.07) is 1.97. The summed E-state index contributed by atoms with van der Waals surface area (Å²) in [7, 11) is 0. The molecule has 0 fully saturated rings. The Hall–Kier alpha value is -1.36. The number of nitrogens with one attached hydrogen (secondary N) is 2. The number of nitrogens with zero attached hydrogens (tertiary/aromatic N) is 2. The lowest BCUT2D eigenvalue weighted by molar-refractivity contribution is 0.128. The monoisotopic (exact) mass is 280 g/mol. The number of ether oxygens (including phenoxy) is 1. The largest absolute Gasteiger partial charge is 0.374 e. The molecule has 0 saturated carbocycles. The minimum absolute atomic E-state index is 0.455. The summed E-state index contributed by atoms with van der Waals surface area (Å²) < 4.78 is 5.40. The summed E-state index contributed by atoms with van der Waals surface area (Å²) in [5.74, 6) is 3.09. The molecule has 5 heteroatoms. The SMILES string of the molecule is CCCNc1cc(NCC(C)CC)nc(COCC)n1. The molecule has 0 radical (unpaired) electrons. The molecule has 0 aliphatic rings. The zero-order chi connectivity index (χ0) is 14.8. The number of hydrogen-bond acceptors (Lipinski definition) is 5. The van der Waals surface area contributed by atoms with Gasteiger partial charge in [0.15, 0.2) is 5.82 Å². The number of hydrogen-bond donors (Lipinski definition) is 2. The van der Waals surface area contributed by atoms with Gasteiger partial charge in [-0.1, -0.05) is 27.2 Å². The molecule has 2 N–H and O–H groups in total. The van der Waals surface area contributed by atoms with Crippen molar-refractivity contribution in [2.24, 2.45) is 5.92 Å². The molecule has 0 aliphatic carbocycles. The van der Waals surface area contributed by atoms with E-state index < -0.39 is 0 Å². The predicted octanol–water partition coefficient (Wildman–Crippen LogP) is 3.29. The molecule has 1 aromatic heterocycles. The maximum absolute atomic E-state index is 5.40. The summed E-state index contributed by atoms with van der Waals surface area (Å²) in [6.45, 7) is 11.5. The van der Waals surface area contributed by atoms with Crippen LogP contribution in [0.25, 0.3) is 0 Å². The minimum Gasteiger partial charge on any atom is -0.374 e. The highest BCUT2D eigenvalue weighted by Gasteiger charge is 2.06. The highest BCUT2D eigenvalue weighted by Crippen LogP contribution is 2.13. The normalized spacial score (nSPS) is 12.2. The lowest BCUT2D eigenvalue weighted by Crippen LogP contribution is -2.14. The highest BCUT2D eigenvalue weighted by molar-refractivity contribution is 5.47. The molecule has 0 aromatic carbocycles. The molecular weight excluding hydrogens is 252 g/mol. The van der Waals surface area contributed by atoms with Crippen LogP contribution in [0.5, 0.6) is 0 Å². The molecule has 20 heavy (non-hydrogen) atoms. The molecule has 5 nitrogen and oxygen atoms in total. The van der Waals surface area contributed by atoms with Crippen LogP contribution in [-0.4, -0.2) is 29.7 Å². The van der Waals surface area contributed by atoms with Crippen molar-refractivity contribution in [1.29, 1.82) is 0 Å². The van der Waals surface area contributed by atoms with Crippen molar-refractivity contribution >= 4 is 11.6 Å². The molecule has 1 heterocycles. The minimum atomic E-state index is 0.455. The van der Waals surface area contributed by atoms with E-state index in [1.54, 1.807) is 0 Å². The van der Waals surface area contributed by atoms with E-state index in [1.165, 1.54) is 0 Å². The van der Waals surface area contributed by atoms with Gasteiger partial charge in [0, 0.05) is 25.8 Å². The van der Waals surface area contributed by atoms with Gasteiger partial charge in [-0.25, -0.2) is 9.97 Å². The smallest absolute Gasteiger partial charge is 0.158 e. The van der Waals surface area contributed by atoms with Crippen molar-refractivity contribution in [3.63, 3.8) is 0 Å². The Balaban J connectivity index is 2.73. The lowest BCUT2D eigenvalue weighted by Gasteiger charge is -2.13. The Morgan fingerprint density at radius 2 is 1.85 bits per heavy atom. The molecule has 1 unspecified atom stereocenters. The molecule has 0 aliphatic heterocycles. The van der Waals surface area contributed by atoms with Gasteiger partial charge in [-0.05, 0) is 19.3 Å². The average Bonchev–Trinajstić information content (AvgIpc) is 2.48. The van der Waals surface area contributed by atoms with Crippen molar-refractivity contribution < 1.29 is 4.74 Å². The Morgan fingerprint density at radius 3 is 2.45 bits per heavy atom. The third kappa shape index (κ3) is 6.19. The van der Waals surface area contributed by atoms with Crippen LogP contribution in [0.2, 0.25) is 0 Å². The van der Waals surface area contributed by atoms with Gasteiger partial charge in [-0.15, -0.1) is 0 Å². The topological polar surface area (TPSA) is 59.1 Å².